The molecular formula is C26H26N4O7. The number of hydrogen-bond acceptors (Lipinski definition) is 8. The Bertz CT molecular complexity index is 1590. The number of aromatic amines is 2. The summed E-state index contributed by atoms with van der Waals surface area (Å²) in [5, 5.41) is 11.5. The number of ether oxygens (including phenoxy) is 3. The number of aromatic nitrogens is 4. The summed E-state index contributed by atoms with van der Waals surface area (Å²) in [6.45, 7) is 2.82. The van der Waals surface area contributed by atoms with Gasteiger partial charge in [-0.3, -0.25) is 14.4 Å². The summed E-state index contributed by atoms with van der Waals surface area (Å²) in [6.07, 6.45) is 3.40. The Labute approximate surface area is 210 Å². The third-order valence-corrected chi connectivity index (χ3v) is 6.54. The third-order valence-electron chi connectivity index (χ3n) is 6.54. The molecule has 3 aromatic heterocycles. The molecule has 5 rings (SSSR count). The molecule has 4 heterocycles. The zero-order valence-electron chi connectivity index (χ0n) is 20.4. The monoisotopic (exact) mass is 506 g/mol. The van der Waals surface area contributed by atoms with Gasteiger partial charge in [0.1, 0.15) is 19.0 Å². The zero-order valence-corrected chi connectivity index (χ0v) is 20.4. The van der Waals surface area contributed by atoms with E-state index in [-0.39, 0.29) is 23.3 Å². The van der Waals surface area contributed by atoms with E-state index in [2.05, 4.69) is 15.0 Å². The van der Waals surface area contributed by atoms with E-state index in [1.54, 1.807) is 37.6 Å². The second-order valence-corrected chi connectivity index (χ2v) is 8.84. The number of nitrogens with zero attached hydrogens (tertiary/aromatic N) is 2. The van der Waals surface area contributed by atoms with E-state index >= 15 is 0 Å². The highest BCUT2D eigenvalue weighted by molar-refractivity contribution is 5.83. The number of fused-ring (bicyclic) bond motifs is 2. The number of aryl methyl sites for hydroxylation is 2. The van der Waals surface area contributed by atoms with Gasteiger partial charge in [-0.1, -0.05) is 0 Å². The van der Waals surface area contributed by atoms with Gasteiger partial charge in [0, 0.05) is 53.5 Å². The van der Waals surface area contributed by atoms with Gasteiger partial charge >= 0.3 is 5.97 Å². The second-order valence-electron chi connectivity index (χ2n) is 8.84. The number of carbonyl (C=O) groups is 1. The fraction of sp³-hybridized carbons (Fsp3) is 0.308. The summed E-state index contributed by atoms with van der Waals surface area (Å²) in [5.41, 5.74) is 0.995. The van der Waals surface area contributed by atoms with Gasteiger partial charge in [0.15, 0.2) is 11.5 Å². The van der Waals surface area contributed by atoms with Gasteiger partial charge in [-0.25, -0.2) is 4.98 Å². The first-order valence-corrected chi connectivity index (χ1v) is 11.8. The van der Waals surface area contributed by atoms with E-state index in [9.17, 15) is 19.5 Å². The first-order valence-electron chi connectivity index (χ1n) is 11.8. The topological polar surface area (TPSA) is 149 Å². The highest BCUT2D eigenvalue weighted by Crippen LogP contribution is 2.36. The molecule has 11 nitrogen and oxygen atoms in total. The number of hydrogen-bond donors (Lipinski definition) is 3. The normalized spacial score (nSPS) is 13.5. The summed E-state index contributed by atoms with van der Waals surface area (Å²) in [4.78, 5) is 49.2. The van der Waals surface area contributed by atoms with Crippen LogP contribution in [0.4, 0.5) is 0 Å². The summed E-state index contributed by atoms with van der Waals surface area (Å²) >= 11 is 0. The van der Waals surface area contributed by atoms with E-state index < -0.39 is 23.0 Å². The molecule has 1 atom stereocenters. The number of aromatic hydroxyl groups is 1. The Morgan fingerprint density at radius 2 is 1.95 bits per heavy atom. The van der Waals surface area contributed by atoms with Crippen LogP contribution < -0.4 is 20.6 Å². The molecule has 0 amide bonds. The lowest BCUT2D eigenvalue weighted by Crippen LogP contribution is -2.31. The van der Waals surface area contributed by atoms with Crippen LogP contribution in [0, 0.1) is 6.92 Å². The highest BCUT2D eigenvalue weighted by atomic mass is 16.6. The molecule has 11 heteroatoms. The molecule has 192 valence electrons. The molecule has 0 aliphatic carbocycles. The van der Waals surface area contributed by atoms with E-state index in [1.807, 2.05) is 0 Å². The number of nitrogens with one attached hydrogen (secondary N) is 2. The Morgan fingerprint density at radius 1 is 1.19 bits per heavy atom. The van der Waals surface area contributed by atoms with Crippen LogP contribution in [0.25, 0.3) is 10.9 Å². The van der Waals surface area contributed by atoms with Crippen molar-refractivity contribution in [1.82, 2.24) is 19.5 Å². The summed E-state index contributed by atoms with van der Waals surface area (Å²) < 4.78 is 17.6. The Balaban J connectivity index is 1.64. The number of methoxy groups -OCH3 is 1. The highest BCUT2D eigenvalue weighted by Gasteiger charge is 2.29. The second kappa shape index (κ2) is 9.84. The average molecular weight is 507 g/mol. The maximum absolute atomic E-state index is 13.7. The van der Waals surface area contributed by atoms with Crippen LogP contribution in [0.1, 0.15) is 34.9 Å². The predicted molar refractivity (Wildman–Crippen MR) is 133 cm³/mol. The van der Waals surface area contributed by atoms with Crippen LogP contribution >= 0.6 is 0 Å². The number of esters is 1. The molecule has 4 aromatic rings. The van der Waals surface area contributed by atoms with E-state index in [4.69, 9.17) is 14.2 Å². The lowest BCUT2D eigenvalue weighted by Gasteiger charge is -2.21. The van der Waals surface area contributed by atoms with Crippen LogP contribution in [-0.2, 0) is 22.5 Å². The average Bonchev–Trinajstić information content (AvgIpc) is 3.40. The van der Waals surface area contributed by atoms with Crippen molar-refractivity contribution in [2.24, 2.45) is 0 Å². The van der Waals surface area contributed by atoms with Gasteiger partial charge in [0.2, 0.25) is 0 Å². The minimum absolute atomic E-state index is 0.0528. The number of carbonyl (C=O) groups excluding carboxylic acids is 1. The summed E-state index contributed by atoms with van der Waals surface area (Å²) in [5.74, 6) is -0.934. The van der Waals surface area contributed by atoms with Crippen LogP contribution in [0.5, 0.6) is 17.2 Å². The van der Waals surface area contributed by atoms with Crippen molar-refractivity contribution in [3.8, 4) is 17.2 Å². The van der Waals surface area contributed by atoms with Gasteiger partial charge in [-0.05, 0) is 25.1 Å². The maximum Gasteiger partial charge on any atom is 0.306 e. The van der Waals surface area contributed by atoms with Crippen LogP contribution in [-0.4, -0.2) is 50.9 Å². The summed E-state index contributed by atoms with van der Waals surface area (Å²) in [6, 6.07) is 6.48. The van der Waals surface area contributed by atoms with Crippen LogP contribution in [0.3, 0.4) is 0 Å². The number of rotatable bonds is 7. The molecule has 0 bridgehead atoms. The molecule has 0 fully saturated rings. The van der Waals surface area contributed by atoms with Gasteiger partial charge in [0.25, 0.3) is 11.1 Å². The van der Waals surface area contributed by atoms with Gasteiger partial charge in [0.05, 0.1) is 30.9 Å². The number of pyridine rings is 2. The molecular weight excluding hydrogens is 480 g/mol. The largest absolute Gasteiger partial charge is 0.507 e. The van der Waals surface area contributed by atoms with Crippen molar-refractivity contribution in [1.29, 1.82) is 0 Å². The maximum atomic E-state index is 13.7. The Kier molecular flexibility index (Phi) is 6.43. The molecule has 0 unspecified atom stereocenters. The van der Waals surface area contributed by atoms with Crippen molar-refractivity contribution < 1.29 is 24.1 Å². The van der Waals surface area contributed by atoms with Crippen molar-refractivity contribution in [3.63, 3.8) is 0 Å². The third kappa shape index (κ3) is 4.67. The molecule has 0 saturated heterocycles. The minimum Gasteiger partial charge on any atom is -0.507 e. The van der Waals surface area contributed by atoms with E-state index in [1.165, 1.54) is 17.7 Å². The Morgan fingerprint density at radius 3 is 2.65 bits per heavy atom. The molecule has 37 heavy (non-hydrogen) atoms. The minimum atomic E-state index is -1.06. The molecule has 1 aliphatic heterocycles. The molecule has 3 N–H and O–H groups in total. The number of imidazole rings is 1. The van der Waals surface area contributed by atoms with E-state index in [0.29, 0.717) is 54.3 Å². The molecule has 0 saturated carbocycles. The van der Waals surface area contributed by atoms with Crippen molar-refractivity contribution in [3.05, 3.63) is 80.0 Å². The van der Waals surface area contributed by atoms with Gasteiger partial charge < -0.3 is 33.9 Å². The SMILES string of the molecule is COC(=O)C[C@@H](c1cc2cc3c(cc2[nH]c1=O)OCCO3)c1c(O)cc(C)n(CCc2cnc[nH]2)c1=O. The fourth-order valence-electron chi connectivity index (χ4n) is 4.66. The van der Waals surface area contributed by atoms with Crippen LogP contribution in [0.15, 0.2) is 46.4 Å². The smallest absolute Gasteiger partial charge is 0.306 e. The Hall–Kier alpha value is -4.54. The van der Waals surface area contributed by atoms with Crippen molar-refractivity contribution in [2.75, 3.05) is 20.3 Å². The molecule has 0 spiro atoms. The van der Waals surface area contributed by atoms with Crippen molar-refractivity contribution >= 4 is 16.9 Å². The number of benzene rings is 1. The standard InChI is InChI=1S/C26H26N4O7/c1-14-7-20(31)24(26(34)30(14)4-3-16-12-27-13-28-16)17(10-23(32)35-2)18-8-15-9-21-22(37-6-5-36-21)11-19(15)29-25(18)33/h7-9,11-13,17,31H,3-6,10H2,1-2H3,(H,27,28)(H,29,33)/t17-/m0/s1. The zero-order chi connectivity index (χ0) is 26.1. The first kappa shape index (κ1) is 24.2. The van der Waals surface area contributed by atoms with Crippen LogP contribution in [0.2, 0.25) is 0 Å². The van der Waals surface area contributed by atoms with Crippen molar-refractivity contribution in [2.45, 2.75) is 32.2 Å². The predicted octanol–water partition coefficient (Wildman–Crippen LogP) is 2.14. The fourth-order valence-corrected chi connectivity index (χ4v) is 4.66. The lowest BCUT2D eigenvalue weighted by atomic mass is 9.88. The van der Waals surface area contributed by atoms with Gasteiger partial charge in [-0.15, -0.1) is 0 Å². The lowest BCUT2D eigenvalue weighted by molar-refractivity contribution is -0.140. The van der Waals surface area contributed by atoms with Gasteiger partial charge in [-0.2, -0.15) is 0 Å². The first-order chi connectivity index (χ1) is 17.9. The van der Waals surface area contributed by atoms with E-state index in [0.717, 1.165) is 5.69 Å². The number of H-pyrrole nitrogens is 2. The molecule has 1 aliphatic rings. The molecule has 1 aromatic carbocycles. The quantitative estimate of drug-likeness (QED) is 0.323. The molecule has 0 radical (unpaired) electrons. The summed E-state index contributed by atoms with van der Waals surface area (Å²) in [7, 11) is 1.23.